The average Bonchev–Trinajstić information content (AvgIpc) is 4.07. The van der Waals surface area contributed by atoms with Crippen LogP contribution in [0.15, 0.2) is 97.1 Å². The van der Waals surface area contributed by atoms with Gasteiger partial charge in [0.1, 0.15) is 36.5 Å². The van der Waals surface area contributed by atoms with E-state index in [-0.39, 0.29) is 51.5 Å². The molecule has 0 N–H and O–H groups in total. The van der Waals surface area contributed by atoms with E-state index in [9.17, 15) is 36.7 Å². The van der Waals surface area contributed by atoms with Gasteiger partial charge in [-0.05, 0) is 47.5 Å². The zero-order valence-corrected chi connectivity index (χ0v) is 33.8. The minimum Gasteiger partial charge on any atom is -0.459 e. The molecule has 3 aliphatic rings. The number of hydrogen-bond acceptors (Lipinski definition) is 11. The van der Waals surface area contributed by atoms with Crippen LogP contribution < -0.4 is 0 Å². The minimum absolute atomic E-state index is 0.126. The highest BCUT2D eigenvalue weighted by atomic mass is 32.1. The molecule has 3 heterocycles. The van der Waals surface area contributed by atoms with Gasteiger partial charge in [-0.1, -0.05) is 60.7 Å². The van der Waals surface area contributed by atoms with Gasteiger partial charge in [0, 0.05) is 60.0 Å². The Labute approximate surface area is 359 Å². The second kappa shape index (κ2) is 14.6. The number of halogens is 4. The summed E-state index contributed by atoms with van der Waals surface area (Å²) in [5, 5.41) is 0. The Morgan fingerprint density at radius 3 is 1.55 bits per heavy atom. The van der Waals surface area contributed by atoms with E-state index in [0.29, 0.717) is 47.3 Å². The van der Waals surface area contributed by atoms with Crippen molar-refractivity contribution in [1.29, 1.82) is 0 Å². The number of ketones is 4. The monoisotopic (exact) mass is 886 g/mol. The van der Waals surface area contributed by atoms with E-state index >= 15 is 9.59 Å². The summed E-state index contributed by atoms with van der Waals surface area (Å²) >= 11 is 3.29. The number of esters is 2. The summed E-state index contributed by atoms with van der Waals surface area (Å²) in [5.74, 6) is -10.7. The van der Waals surface area contributed by atoms with E-state index < -0.39 is 74.9 Å². The Balaban J connectivity index is 1.17. The molecule has 0 radical (unpaired) electrons. The molecule has 0 unspecified atom stereocenters. The maximum Gasteiger partial charge on any atom is 0.333 e. The number of allylic oxidation sites excluding steroid dienone is 2. The number of carbonyl (C=O) groups is 6. The Kier molecular flexibility index (Phi) is 9.24. The molecule has 304 valence electrons. The zero-order valence-electron chi connectivity index (χ0n) is 31.3. The predicted octanol–water partition coefficient (Wildman–Crippen LogP) is 9.95. The molecular weight excluding hydrogens is 865 g/mol. The van der Waals surface area contributed by atoms with Crippen molar-refractivity contribution in [1.82, 2.24) is 0 Å². The molecule has 62 heavy (non-hydrogen) atoms. The minimum atomic E-state index is -2.32. The predicted molar refractivity (Wildman–Crippen MR) is 223 cm³/mol. The molecule has 3 aliphatic carbocycles. The molecular formula is C47H22F4O8S3. The molecule has 0 atom stereocenters. The summed E-state index contributed by atoms with van der Waals surface area (Å²) in [6, 6.07) is 23.4. The van der Waals surface area contributed by atoms with Crippen LogP contribution in [0.3, 0.4) is 0 Å². The van der Waals surface area contributed by atoms with Crippen molar-refractivity contribution in [2.24, 2.45) is 0 Å². The molecule has 0 bridgehead atoms. The lowest BCUT2D eigenvalue weighted by Crippen LogP contribution is -2.45. The van der Waals surface area contributed by atoms with E-state index in [2.05, 4.69) is 0 Å². The summed E-state index contributed by atoms with van der Waals surface area (Å²) < 4.78 is 71.2. The van der Waals surface area contributed by atoms with Gasteiger partial charge in [-0.2, -0.15) is 0 Å². The molecule has 3 aromatic heterocycles. The second-order valence-corrected chi connectivity index (χ2v) is 17.7. The first-order valence-electron chi connectivity index (χ1n) is 18.6. The fourth-order valence-electron chi connectivity index (χ4n) is 8.03. The molecule has 0 amide bonds. The smallest absolute Gasteiger partial charge is 0.333 e. The topological polar surface area (TPSA) is 121 Å². The van der Waals surface area contributed by atoms with Crippen LogP contribution in [0.5, 0.6) is 0 Å². The first-order valence-corrected chi connectivity index (χ1v) is 21.0. The summed E-state index contributed by atoms with van der Waals surface area (Å²) in [6.07, 6.45) is 2.61. The third kappa shape index (κ3) is 5.98. The van der Waals surface area contributed by atoms with Crippen LogP contribution in [0.25, 0.3) is 42.5 Å². The second-order valence-electron chi connectivity index (χ2n) is 14.5. The molecule has 10 rings (SSSR count). The van der Waals surface area contributed by atoms with E-state index in [1.807, 2.05) is 0 Å². The Hall–Kier alpha value is -6.94. The zero-order chi connectivity index (χ0) is 43.2. The number of ether oxygens (including phenoxy) is 2. The van der Waals surface area contributed by atoms with Crippen LogP contribution in [-0.2, 0) is 47.3 Å². The number of fused-ring (bicyclic) bond motifs is 7. The molecule has 7 aromatic rings. The number of carbonyl (C=O) groups excluding carboxylic acids is 6. The van der Waals surface area contributed by atoms with Gasteiger partial charge in [0.2, 0.25) is 28.5 Å². The van der Waals surface area contributed by atoms with Gasteiger partial charge in [0.15, 0.2) is 0 Å². The standard InChI is InChI=1S/C47H22F4O8S3/c48-23-11-27-29(38(52)40(54)35(27)32(50)13-23)15-25-17-31-42(60-25)44-37(43-34(62-44)18-26(61-43)16-30-28-12-24(49)14-33(51)36(28)41(55)39(30)53)47(31,45(56)58-19-21-7-3-1-4-8-21)46(57)59-20-22-9-5-2-6-10-22/h1-18H,19-20H2/b29-15-,30-16-. The molecule has 0 fully saturated rings. The summed E-state index contributed by atoms with van der Waals surface area (Å²) in [7, 11) is 0. The van der Waals surface area contributed by atoms with Gasteiger partial charge >= 0.3 is 11.9 Å². The summed E-state index contributed by atoms with van der Waals surface area (Å²) in [4.78, 5) is 83.6. The molecule has 0 aliphatic heterocycles. The molecule has 0 spiro atoms. The Morgan fingerprint density at radius 1 is 0.565 bits per heavy atom. The lowest BCUT2D eigenvalue weighted by molar-refractivity contribution is -0.164. The van der Waals surface area contributed by atoms with E-state index in [1.54, 1.807) is 66.7 Å². The molecule has 15 heteroatoms. The largest absolute Gasteiger partial charge is 0.459 e. The van der Waals surface area contributed by atoms with Crippen LogP contribution in [0.4, 0.5) is 17.6 Å². The Bertz CT molecular complexity index is 3190. The third-order valence-electron chi connectivity index (χ3n) is 10.8. The van der Waals surface area contributed by atoms with Crippen molar-refractivity contribution in [2.75, 3.05) is 0 Å². The van der Waals surface area contributed by atoms with Gasteiger partial charge in [-0.25, -0.2) is 17.6 Å². The highest BCUT2D eigenvalue weighted by Crippen LogP contribution is 2.61. The van der Waals surface area contributed by atoms with E-state index in [4.69, 9.17) is 9.47 Å². The summed E-state index contributed by atoms with van der Waals surface area (Å²) in [5.41, 5.74) is -2.84. The van der Waals surface area contributed by atoms with Gasteiger partial charge in [0.05, 0.1) is 25.6 Å². The fourth-order valence-corrected chi connectivity index (χ4v) is 12.0. The quantitative estimate of drug-likeness (QED) is 0.0487. The number of benzene rings is 4. The molecule has 4 aromatic carbocycles. The lowest BCUT2D eigenvalue weighted by Gasteiger charge is -2.26. The normalized spacial score (nSPS) is 16.0. The van der Waals surface area contributed by atoms with Crippen molar-refractivity contribution < 1.29 is 55.8 Å². The van der Waals surface area contributed by atoms with Gasteiger partial charge < -0.3 is 9.47 Å². The van der Waals surface area contributed by atoms with Crippen molar-refractivity contribution in [2.45, 2.75) is 18.6 Å². The van der Waals surface area contributed by atoms with Crippen LogP contribution >= 0.6 is 34.0 Å². The van der Waals surface area contributed by atoms with Crippen LogP contribution in [-0.4, -0.2) is 35.1 Å². The van der Waals surface area contributed by atoms with E-state index in [1.165, 1.54) is 29.6 Å². The van der Waals surface area contributed by atoms with Crippen molar-refractivity contribution >= 4 is 102 Å². The SMILES string of the molecule is O=C1C(=O)c2c(F)cc(F)cc2/C1=C/c1cc2c(s1)-c1sc3cc(/C=C4\C(=O)C(=O)c5c(F)cc(F)cc54)sc3c1C2(C(=O)OCc1ccccc1)C(=O)OCc1ccccc1. The number of Topliss-reactive ketones (excluding diaryl/α,β-unsaturated/α-hetero) is 4. The number of rotatable bonds is 8. The highest BCUT2D eigenvalue weighted by molar-refractivity contribution is 7.32. The number of thiophene rings is 3. The fraction of sp³-hybridized carbons (Fsp3) is 0.0638. The molecule has 0 saturated carbocycles. The first kappa shape index (κ1) is 39.2. The maximum absolute atomic E-state index is 15.0. The first-order chi connectivity index (χ1) is 29.8. The third-order valence-corrected chi connectivity index (χ3v) is 14.4. The molecule has 0 saturated heterocycles. The van der Waals surface area contributed by atoms with Gasteiger partial charge in [-0.3, -0.25) is 28.8 Å². The van der Waals surface area contributed by atoms with Crippen LogP contribution in [0.2, 0.25) is 0 Å². The van der Waals surface area contributed by atoms with Crippen LogP contribution in [0.1, 0.15) is 63.9 Å². The average molecular weight is 887 g/mol. The lowest BCUT2D eigenvalue weighted by atomic mass is 9.79. The maximum atomic E-state index is 15.0. The molecule has 8 nitrogen and oxygen atoms in total. The van der Waals surface area contributed by atoms with Crippen LogP contribution in [0, 0.1) is 23.3 Å². The summed E-state index contributed by atoms with van der Waals surface area (Å²) in [6.45, 7) is -0.497. The number of hydrogen-bond donors (Lipinski definition) is 0. The van der Waals surface area contributed by atoms with Gasteiger partial charge in [-0.15, -0.1) is 34.0 Å². The highest BCUT2D eigenvalue weighted by Gasteiger charge is 2.61. The van der Waals surface area contributed by atoms with Crippen molar-refractivity contribution in [3.05, 3.63) is 175 Å². The van der Waals surface area contributed by atoms with E-state index in [0.717, 1.165) is 34.8 Å². The van der Waals surface area contributed by atoms with Crippen molar-refractivity contribution in [3.63, 3.8) is 0 Å². The van der Waals surface area contributed by atoms with Crippen molar-refractivity contribution in [3.8, 4) is 9.75 Å². The van der Waals surface area contributed by atoms with Gasteiger partial charge in [0.25, 0.3) is 0 Å². The Morgan fingerprint density at radius 2 is 1.05 bits per heavy atom.